The van der Waals surface area contributed by atoms with Gasteiger partial charge in [-0.2, -0.15) is 9.61 Å². The Morgan fingerprint density at radius 1 is 1.29 bits per heavy atom. The van der Waals surface area contributed by atoms with Crippen molar-refractivity contribution >= 4 is 11.5 Å². The van der Waals surface area contributed by atoms with E-state index in [0.717, 1.165) is 41.1 Å². The van der Waals surface area contributed by atoms with Crippen LogP contribution in [-0.2, 0) is 6.61 Å². The average molecular weight is 282 g/mol. The zero-order valence-electron chi connectivity index (χ0n) is 12.0. The van der Waals surface area contributed by atoms with E-state index in [9.17, 15) is 5.11 Å². The van der Waals surface area contributed by atoms with Crippen molar-refractivity contribution in [3.05, 3.63) is 48.3 Å². The zero-order valence-corrected chi connectivity index (χ0v) is 12.0. The van der Waals surface area contributed by atoms with Crippen molar-refractivity contribution in [2.45, 2.75) is 20.0 Å². The van der Waals surface area contributed by atoms with Gasteiger partial charge in [0.1, 0.15) is 5.82 Å². The number of nitrogens with zero attached hydrogens (tertiary/aromatic N) is 3. The maximum absolute atomic E-state index is 9.27. The minimum absolute atomic E-state index is 0.0315. The monoisotopic (exact) mass is 282 g/mol. The lowest BCUT2D eigenvalue weighted by atomic mass is 10.1. The number of anilines is 1. The molecule has 0 saturated carbocycles. The van der Waals surface area contributed by atoms with Crippen LogP contribution in [0.1, 0.15) is 18.9 Å². The van der Waals surface area contributed by atoms with Crippen molar-refractivity contribution in [1.29, 1.82) is 0 Å². The van der Waals surface area contributed by atoms with Gasteiger partial charge in [0.25, 0.3) is 0 Å². The van der Waals surface area contributed by atoms with Gasteiger partial charge in [0.2, 0.25) is 0 Å². The highest BCUT2D eigenvalue weighted by molar-refractivity contribution is 5.78. The van der Waals surface area contributed by atoms with Crippen LogP contribution in [0.3, 0.4) is 0 Å². The fraction of sp³-hybridized carbons (Fsp3) is 0.250. The molecule has 0 atom stereocenters. The Balaban J connectivity index is 2.07. The first-order chi connectivity index (χ1) is 10.3. The second-order valence-electron chi connectivity index (χ2n) is 4.91. The molecule has 0 aliphatic rings. The Bertz CT molecular complexity index is 751. The zero-order chi connectivity index (χ0) is 14.7. The molecule has 5 heteroatoms. The highest BCUT2D eigenvalue weighted by Gasteiger charge is 2.10. The molecule has 0 bridgehead atoms. The Morgan fingerprint density at radius 2 is 2.19 bits per heavy atom. The lowest BCUT2D eigenvalue weighted by molar-refractivity contribution is 0.282. The molecule has 0 unspecified atom stereocenters. The fourth-order valence-electron chi connectivity index (χ4n) is 2.32. The Morgan fingerprint density at radius 3 is 3.00 bits per heavy atom. The van der Waals surface area contributed by atoms with Crippen LogP contribution in [0.2, 0.25) is 0 Å². The van der Waals surface area contributed by atoms with E-state index < -0.39 is 0 Å². The third-order valence-electron chi connectivity index (χ3n) is 3.38. The van der Waals surface area contributed by atoms with Crippen molar-refractivity contribution < 1.29 is 5.11 Å². The average Bonchev–Trinajstić information content (AvgIpc) is 2.97. The van der Waals surface area contributed by atoms with Gasteiger partial charge in [-0.3, -0.25) is 0 Å². The van der Waals surface area contributed by atoms with E-state index in [2.05, 4.69) is 22.3 Å². The highest BCUT2D eigenvalue weighted by atomic mass is 16.3. The maximum atomic E-state index is 9.27. The first kappa shape index (κ1) is 13.6. The highest BCUT2D eigenvalue weighted by Crippen LogP contribution is 2.25. The quantitative estimate of drug-likeness (QED) is 0.755. The number of hydrogen-bond acceptors (Lipinski definition) is 4. The van der Waals surface area contributed by atoms with Gasteiger partial charge in [-0.15, -0.1) is 0 Å². The van der Waals surface area contributed by atoms with Gasteiger partial charge in [-0.1, -0.05) is 25.1 Å². The summed E-state index contributed by atoms with van der Waals surface area (Å²) in [6.07, 6.45) is 4.65. The lowest BCUT2D eigenvalue weighted by Gasteiger charge is -2.07. The number of aliphatic hydroxyl groups excluding tert-OH is 1. The number of nitrogens with one attached hydrogen (secondary N) is 1. The normalized spacial score (nSPS) is 11.0. The summed E-state index contributed by atoms with van der Waals surface area (Å²) in [6, 6.07) is 9.72. The van der Waals surface area contributed by atoms with Crippen LogP contribution < -0.4 is 5.32 Å². The fourth-order valence-corrected chi connectivity index (χ4v) is 2.32. The Hall–Kier alpha value is -2.40. The molecule has 1 aromatic carbocycles. The number of aliphatic hydroxyl groups is 1. The molecule has 21 heavy (non-hydrogen) atoms. The summed E-state index contributed by atoms with van der Waals surface area (Å²) in [4.78, 5) is 4.44. The number of rotatable bonds is 5. The standard InChI is InChI=1S/C16H18N4O/c1-2-7-17-15-6-8-18-16-14(10-19-20(15)16)13-5-3-4-12(9-13)11-21/h3-6,8-10,17,21H,2,7,11H2,1H3. The van der Waals surface area contributed by atoms with Crippen molar-refractivity contribution in [2.24, 2.45) is 0 Å². The first-order valence-corrected chi connectivity index (χ1v) is 7.10. The van der Waals surface area contributed by atoms with E-state index in [4.69, 9.17) is 0 Å². The second-order valence-corrected chi connectivity index (χ2v) is 4.91. The summed E-state index contributed by atoms with van der Waals surface area (Å²) in [7, 11) is 0. The van der Waals surface area contributed by atoms with Crippen LogP contribution in [0.15, 0.2) is 42.7 Å². The van der Waals surface area contributed by atoms with Gasteiger partial charge in [-0.05, 0) is 29.7 Å². The van der Waals surface area contributed by atoms with Crippen LogP contribution in [0.4, 0.5) is 5.82 Å². The van der Waals surface area contributed by atoms with Crippen LogP contribution in [-0.4, -0.2) is 26.2 Å². The predicted molar refractivity (Wildman–Crippen MR) is 83.1 cm³/mol. The summed E-state index contributed by atoms with van der Waals surface area (Å²) in [6.45, 7) is 3.05. The summed E-state index contributed by atoms with van der Waals surface area (Å²) in [5.41, 5.74) is 3.67. The third-order valence-corrected chi connectivity index (χ3v) is 3.38. The smallest absolute Gasteiger partial charge is 0.165 e. The molecular weight excluding hydrogens is 264 g/mol. The first-order valence-electron chi connectivity index (χ1n) is 7.10. The van der Waals surface area contributed by atoms with E-state index in [0.29, 0.717) is 0 Å². The molecule has 3 aromatic rings. The molecule has 3 rings (SSSR count). The minimum atomic E-state index is 0.0315. The maximum Gasteiger partial charge on any atom is 0.165 e. The Labute approximate surface area is 123 Å². The molecule has 2 heterocycles. The van der Waals surface area contributed by atoms with Crippen LogP contribution in [0, 0.1) is 0 Å². The minimum Gasteiger partial charge on any atom is -0.392 e. The SMILES string of the molecule is CCCNc1ccnc2c(-c3cccc(CO)c3)cnn12. The molecule has 5 nitrogen and oxygen atoms in total. The molecule has 0 spiro atoms. The van der Waals surface area contributed by atoms with Crippen molar-refractivity contribution in [3.63, 3.8) is 0 Å². The van der Waals surface area contributed by atoms with Crippen LogP contribution in [0.25, 0.3) is 16.8 Å². The number of hydrogen-bond donors (Lipinski definition) is 2. The van der Waals surface area contributed by atoms with Crippen molar-refractivity contribution in [1.82, 2.24) is 14.6 Å². The summed E-state index contributed by atoms with van der Waals surface area (Å²) < 4.78 is 1.82. The predicted octanol–water partition coefficient (Wildman–Crippen LogP) is 2.71. The van der Waals surface area contributed by atoms with Crippen LogP contribution >= 0.6 is 0 Å². The summed E-state index contributed by atoms with van der Waals surface area (Å²) in [5.74, 6) is 0.936. The summed E-state index contributed by atoms with van der Waals surface area (Å²) in [5, 5.41) is 17.0. The van der Waals surface area contributed by atoms with E-state index in [1.165, 1.54) is 0 Å². The largest absolute Gasteiger partial charge is 0.392 e. The molecule has 0 radical (unpaired) electrons. The molecular formula is C16H18N4O. The lowest BCUT2D eigenvalue weighted by Crippen LogP contribution is -2.06. The number of fused-ring (bicyclic) bond motifs is 1. The van der Waals surface area contributed by atoms with Crippen LogP contribution in [0.5, 0.6) is 0 Å². The van der Waals surface area contributed by atoms with Gasteiger partial charge in [-0.25, -0.2) is 4.98 Å². The molecule has 108 valence electrons. The molecule has 0 fully saturated rings. The topological polar surface area (TPSA) is 62.5 Å². The molecule has 0 amide bonds. The number of benzene rings is 1. The third kappa shape index (κ3) is 2.60. The second kappa shape index (κ2) is 5.93. The molecule has 0 aliphatic carbocycles. The van der Waals surface area contributed by atoms with Gasteiger partial charge >= 0.3 is 0 Å². The van der Waals surface area contributed by atoms with E-state index in [-0.39, 0.29) is 6.61 Å². The molecule has 2 aromatic heterocycles. The van der Waals surface area contributed by atoms with Crippen molar-refractivity contribution in [3.8, 4) is 11.1 Å². The Kier molecular flexibility index (Phi) is 3.83. The van der Waals surface area contributed by atoms with Gasteiger partial charge in [0, 0.05) is 18.3 Å². The van der Waals surface area contributed by atoms with Gasteiger partial charge in [0.15, 0.2) is 5.65 Å². The van der Waals surface area contributed by atoms with Gasteiger partial charge < -0.3 is 10.4 Å². The van der Waals surface area contributed by atoms with E-state index in [1.54, 1.807) is 6.20 Å². The molecule has 0 aliphatic heterocycles. The van der Waals surface area contributed by atoms with Crippen molar-refractivity contribution in [2.75, 3.05) is 11.9 Å². The van der Waals surface area contributed by atoms with E-state index in [1.807, 2.05) is 41.0 Å². The molecule has 0 saturated heterocycles. The number of aromatic nitrogens is 3. The van der Waals surface area contributed by atoms with E-state index >= 15 is 0 Å². The van der Waals surface area contributed by atoms with Gasteiger partial charge in [0.05, 0.1) is 12.8 Å². The summed E-state index contributed by atoms with van der Waals surface area (Å²) >= 11 is 0. The molecule has 2 N–H and O–H groups in total.